The van der Waals surface area contributed by atoms with E-state index in [4.69, 9.17) is 11.6 Å². The normalized spacial score (nSPS) is 11.9. The molecule has 3 N–H and O–H groups in total. The zero-order chi connectivity index (χ0) is 34.6. The topological polar surface area (TPSA) is 125 Å². The Kier molecular flexibility index (Phi) is 11.9. The van der Waals surface area contributed by atoms with E-state index < -0.39 is 46.2 Å². The number of benzene rings is 5. The fourth-order valence-electron chi connectivity index (χ4n) is 5.29. The lowest BCUT2D eigenvalue weighted by Crippen LogP contribution is -2.55. The molecule has 0 unspecified atom stereocenters. The lowest BCUT2D eigenvalue weighted by Gasteiger charge is -2.24. The van der Waals surface area contributed by atoms with Crippen LogP contribution in [-0.2, 0) is 37.4 Å². The molecular formula is C38H35ClN4O5S. The van der Waals surface area contributed by atoms with Gasteiger partial charge in [0.15, 0.2) is 0 Å². The highest BCUT2D eigenvalue weighted by Gasteiger charge is 2.30. The van der Waals surface area contributed by atoms with Crippen molar-refractivity contribution in [3.63, 3.8) is 0 Å². The summed E-state index contributed by atoms with van der Waals surface area (Å²) in [4.78, 5) is 40.7. The summed E-state index contributed by atoms with van der Waals surface area (Å²) < 4.78 is 28.3. The predicted octanol–water partition coefficient (Wildman–Crippen LogP) is 5.24. The highest BCUT2D eigenvalue weighted by atomic mass is 35.5. The van der Waals surface area contributed by atoms with E-state index in [9.17, 15) is 22.8 Å². The van der Waals surface area contributed by atoms with Crippen molar-refractivity contribution in [3.8, 4) is 0 Å². The highest BCUT2D eigenvalue weighted by molar-refractivity contribution is 7.89. The summed E-state index contributed by atoms with van der Waals surface area (Å²) in [5, 5.41) is 3.26. The molecule has 5 rings (SSSR count). The first-order valence-electron chi connectivity index (χ1n) is 15.5. The molecule has 0 aliphatic heterocycles. The molecule has 9 nitrogen and oxygen atoms in total. The Hall–Kier alpha value is -5.29. The molecule has 0 spiro atoms. The fraction of sp³-hybridized carbons (Fsp3) is 0.132. The van der Waals surface area contributed by atoms with Crippen LogP contribution in [0.1, 0.15) is 28.2 Å². The van der Waals surface area contributed by atoms with Crippen molar-refractivity contribution in [2.75, 3.05) is 6.54 Å². The van der Waals surface area contributed by atoms with Gasteiger partial charge in [0, 0.05) is 18.0 Å². The number of rotatable bonds is 13. The van der Waals surface area contributed by atoms with Gasteiger partial charge in [-0.2, -0.15) is 4.31 Å². The minimum atomic E-state index is -4.14. The maximum atomic E-state index is 13.9. The first-order valence-corrected chi connectivity index (χ1v) is 17.3. The molecule has 0 fully saturated rings. The second kappa shape index (κ2) is 16.7. The van der Waals surface area contributed by atoms with Gasteiger partial charge in [0.1, 0.15) is 6.04 Å². The second-order valence-corrected chi connectivity index (χ2v) is 13.6. The van der Waals surface area contributed by atoms with E-state index in [0.717, 1.165) is 21.0 Å². The van der Waals surface area contributed by atoms with Crippen molar-refractivity contribution in [1.82, 2.24) is 20.5 Å². The van der Waals surface area contributed by atoms with Gasteiger partial charge in [-0.3, -0.25) is 25.2 Å². The molecule has 3 amide bonds. The summed E-state index contributed by atoms with van der Waals surface area (Å²) in [5.41, 5.74) is 7.69. The summed E-state index contributed by atoms with van der Waals surface area (Å²) in [6.07, 6.45) is 0.135. The summed E-state index contributed by atoms with van der Waals surface area (Å²) in [5.74, 6) is -2.56. The Morgan fingerprint density at radius 1 is 0.612 bits per heavy atom. The SMILES string of the molecule is O=C(CN(Cc1ccccc1)S(=O)(=O)c1ccc(Cl)cc1)NNC(=O)[C@H](Cc1ccccc1)NC(=O)C(c1ccccc1)c1ccccc1. The minimum Gasteiger partial charge on any atom is -0.343 e. The zero-order valence-electron chi connectivity index (χ0n) is 26.4. The number of hydrogen-bond donors (Lipinski definition) is 3. The standard InChI is InChI=1S/C38H35ClN4O5S/c39-32-21-23-33(24-22-32)49(47,48)43(26-29-15-7-2-8-16-29)27-35(44)41-42-37(45)34(25-28-13-5-1-6-14-28)40-38(46)36(30-17-9-3-10-18-30)31-19-11-4-12-20-31/h1-24,34,36H,25-27H2,(H,40,46)(H,41,44)(H,42,45)/t34-/m0/s1. The van der Waals surface area contributed by atoms with Gasteiger partial charge < -0.3 is 5.32 Å². The van der Waals surface area contributed by atoms with Crippen molar-refractivity contribution in [2.45, 2.75) is 29.8 Å². The molecule has 0 saturated carbocycles. The number of nitrogens with zero attached hydrogens (tertiary/aromatic N) is 1. The molecular weight excluding hydrogens is 660 g/mol. The zero-order valence-corrected chi connectivity index (χ0v) is 28.0. The Balaban J connectivity index is 1.33. The molecule has 0 radical (unpaired) electrons. The van der Waals surface area contributed by atoms with Gasteiger partial charge in [-0.25, -0.2) is 8.42 Å². The van der Waals surface area contributed by atoms with Crippen LogP contribution in [0.2, 0.25) is 5.02 Å². The molecule has 0 aromatic heterocycles. The number of nitrogens with one attached hydrogen (secondary N) is 3. The van der Waals surface area contributed by atoms with E-state index in [0.29, 0.717) is 10.6 Å². The quantitative estimate of drug-likeness (QED) is 0.146. The molecule has 0 heterocycles. The monoisotopic (exact) mass is 694 g/mol. The average Bonchev–Trinajstić information content (AvgIpc) is 3.12. The van der Waals surface area contributed by atoms with Crippen LogP contribution in [0.25, 0.3) is 0 Å². The smallest absolute Gasteiger partial charge is 0.261 e. The van der Waals surface area contributed by atoms with Crippen molar-refractivity contribution in [3.05, 3.63) is 173 Å². The Morgan fingerprint density at radius 2 is 1.10 bits per heavy atom. The third-order valence-corrected chi connectivity index (χ3v) is 9.80. The van der Waals surface area contributed by atoms with Crippen LogP contribution in [0.5, 0.6) is 0 Å². The van der Waals surface area contributed by atoms with Gasteiger partial charge in [0.05, 0.1) is 17.4 Å². The maximum Gasteiger partial charge on any atom is 0.261 e. The summed E-state index contributed by atoms with van der Waals surface area (Å²) >= 11 is 5.97. The van der Waals surface area contributed by atoms with Crippen LogP contribution in [-0.4, -0.2) is 43.0 Å². The predicted molar refractivity (Wildman–Crippen MR) is 189 cm³/mol. The maximum absolute atomic E-state index is 13.9. The average molecular weight is 695 g/mol. The molecule has 11 heteroatoms. The third kappa shape index (κ3) is 9.64. The Bertz CT molecular complexity index is 1910. The molecule has 5 aromatic rings. The lowest BCUT2D eigenvalue weighted by molar-refractivity contribution is -0.132. The van der Waals surface area contributed by atoms with Gasteiger partial charge in [-0.15, -0.1) is 0 Å². The Morgan fingerprint density at radius 3 is 1.63 bits per heavy atom. The first-order chi connectivity index (χ1) is 23.7. The molecule has 0 bridgehead atoms. The van der Waals surface area contributed by atoms with E-state index in [-0.39, 0.29) is 17.9 Å². The van der Waals surface area contributed by atoms with Gasteiger partial charge in [-0.05, 0) is 46.5 Å². The lowest BCUT2D eigenvalue weighted by atomic mass is 9.90. The molecule has 0 saturated heterocycles. The molecule has 0 aliphatic carbocycles. The number of amides is 3. The summed E-state index contributed by atoms with van der Waals surface area (Å²) in [6.45, 7) is -0.694. The number of hydrazine groups is 1. The fourth-order valence-corrected chi connectivity index (χ4v) is 6.80. The van der Waals surface area contributed by atoms with Crippen LogP contribution in [0.3, 0.4) is 0 Å². The van der Waals surface area contributed by atoms with E-state index in [1.165, 1.54) is 24.3 Å². The number of carbonyl (C=O) groups is 3. The third-order valence-electron chi connectivity index (χ3n) is 7.74. The van der Waals surface area contributed by atoms with E-state index in [1.807, 2.05) is 91.0 Å². The van der Waals surface area contributed by atoms with Crippen molar-refractivity contribution >= 4 is 39.3 Å². The Labute approximate surface area is 291 Å². The molecule has 49 heavy (non-hydrogen) atoms. The van der Waals surface area contributed by atoms with E-state index in [2.05, 4.69) is 16.2 Å². The highest BCUT2D eigenvalue weighted by Crippen LogP contribution is 2.25. The summed E-state index contributed by atoms with van der Waals surface area (Å²) in [6, 6.07) is 41.1. The number of carbonyl (C=O) groups excluding carboxylic acids is 3. The second-order valence-electron chi connectivity index (χ2n) is 11.3. The van der Waals surface area contributed by atoms with Crippen LogP contribution in [0, 0.1) is 0 Å². The van der Waals surface area contributed by atoms with Gasteiger partial charge in [-0.1, -0.05) is 133 Å². The van der Waals surface area contributed by atoms with E-state index >= 15 is 0 Å². The van der Waals surface area contributed by atoms with Crippen molar-refractivity contribution < 1.29 is 22.8 Å². The van der Waals surface area contributed by atoms with Crippen molar-refractivity contribution in [2.24, 2.45) is 0 Å². The molecule has 0 aliphatic rings. The number of halogens is 1. The van der Waals surface area contributed by atoms with Crippen molar-refractivity contribution in [1.29, 1.82) is 0 Å². The van der Waals surface area contributed by atoms with Gasteiger partial charge in [0.2, 0.25) is 15.9 Å². The van der Waals surface area contributed by atoms with E-state index in [1.54, 1.807) is 30.3 Å². The largest absolute Gasteiger partial charge is 0.343 e. The van der Waals surface area contributed by atoms with Gasteiger partial charge >= 0.3 is 0 Å². The molecule has 250 valence electrons. The molecule has 5 aromatic carbocycles. The van der Waals surface area contributed by atoms with Crippen LogP contribution in [0.4, 0.5) is 0 Å². The molecule has 1 atom stereocenters. The van der Waals surface area contributed by atoms with Crippen LogP contribution in [0.15, 0.2) is 150 Å². The van der Waals surface area contributed by atoms with Crippen LogP contribution < -0.4 is 16.2 Å². The number of sulfonamides is 1. The van der Waals surface area contributed by atoms with Gasteiger partial charge in [0.25, 0.3) is 11.8 Å². The first kappa shape index (κ1) is 35.0. The minimum absolute atomic E-state index is 0.0401. The van der Waals surface area contributed by atoms with Crippen LogP contribution >= 0.6 is 11.6 Å². The number of hydrogen-bond acceptors (Lipinski definition) is 5. The summed E-state index contributed by atoms with van der Waals surface area (Å²) in [7, 11) is -4.14.